The summed E-state index contributed by atoms with van der Waals surface area (Å²) in [6, 6.07) is 9.06. The van der Waals surface area contributed by atoms with Crippen molar-refractivity contribution in [2.45, 2.75) is 39.7 Å². The Morgan fingerprint density at radius 1 is 1.04 bits per heavy atom. The lowest BCUT2D eigenvalue weighted by Gasteiger charge is -2.20. The molecule has 4 heteroatoms. The van der Waals surface area contributed by atoms with E-state index in [4.69, 9.17) is 9.47 Å². The molecule has 2 aromatic carbocycles. The second-order valence-electron chi connectivity index (χ2n) is 6.40. The summed E-state index contributed by atoms with van der Waals surface area (Å²) in [4.78, 5) is 0. The highest BCUT2D eigenvalue weighted by atomic mass is 16.7. The van der Waals surface area contributed by atoms with E-state index in [1.165, 1.54) is 0 Å². The van der Waals surface area contributed by atoms with Gasteiger partial charge in [-0.15, -0.1) is 0 Å². The third-order valence-electron chi connectivity index (χ3n) is 4.16. The number of rotatable bonds is 6. The number of aliphatic hydroxyl groups is 1. The summed E-state index contributed by atoms with van der Waals surface area (Å²) in [7, 11) is 1.59. The Hall–Kier alpha value is -2.04. The fraction of sp³-hybridized carbons (Fsp3) is 0.400. The van der Waals surface area contributed by atoms with Crippen LogP contribution < -0.4 is 4.74 Å². The van der Waals surface area contributed by atoms with Crippen LogP contribution in [0.3, 0.4) is 0 Å². The maximum absolute atomic E-state index is 10.9. The standard InChI is InChI=1S/C20H26O4/c1-12(2)17-10-15(6-7-18(17)24-11-23-5)20(22)19-13(3)8-16(21)9-14(19)4/h6-10,12,20-22H,11H2,1-5H3. The van der Waals surface area contributed by atoms with Crippen molar-refractivity contribution >= 4 is 0 Å². The summed E-state index contributed by atoms with van der Waals surface area (Å²) < 4.78 is 10.6. The molecule has 0 saturated carbocycles. The molecule has 2 rings (SSSR count). The van der Waals surface area contributed by atoms with E-state index in [0.717, 1.165) is 33.6 Å². The highest BCUT2D eigenvalue weighted by Crippen LogP contribution is 2.34. The van der Waals surface area contributed by atoms with Crippen LogP contribution in [-0.2, 0) is 4.74 Å². The first-order valence-electron chi connectivity index (χ1n) is 8.08. The van der Waals surface area contributed by atoms with Crippen LogP contribution in [0.4, 0.5) is 0 Å². The maximum Gasteiger partial charge on any atom is 0.188 e. The topological polar surface area (TPSA) is 58.9 Å². The van der Waals surface area contributed by atoms with Crippen LogP contribution >= 0.6 is 0 Å². The third-order valence-corrected chi connectivity index (χ3v) is 4.16. The highest BCUT2D eigenvalue weighted by molar-refractivity contribution is 5.47. The number of aliphatic hydroxyl groups excluding tert-OH is 1. The molecule has 0 heterocycles. The fourth-order valence-corrected chi connectivity index (χ4v) is 2.99. The number of hydrogen-bond donors (Lipinski definition) is 2. The molecule has 0 amide bonds. The molecule has 0 bridgehead atoms. The molecule has 1 atom stereocenters. The van der Waals surface area contributed by atoms with Crippen LogP contribution in [0, 0.1) is 13.8 Å². The lowest BCUT2D eigenvalue weighted by atomic mass is 9.90. The number of methoxy groups -OCH3 is 1. The van der Waals surface area contributed by atoms with Crippen molar-refractivity contribution in [1.82, 2.24) is 0 Å². The van der Waals surface area contributed by atoms with Gasteiger partial charge in [0.2, 0.25) is 0 Å². The first-order chi connectivity index (χ1) is 11.3. The molecule has 0 saturated heterocycles. The molecule has 1 unspecified atom stereocenters. The first kappa shape index (κ1) is 18.3. The Morgan fingerprint density at radius 3 is 2.21 bits per heavy atom. The maximum atomic E-state index is 10.9. The number of benzene rings is 2. The van der Waals surface area contributed by atoms with Crippen molar-refractivity contribution in [3.05, 3.63) is 58.1 Å². The smallest absolute Gasteiger partial charge is 0.188 e. The van der Waals surface area contributed by atoms with E-state index in [2.05, 4.69) is 13.8 Å². The summed E-state index contributed by atoms with van der Waals surface area (Å²) in [6.07, 6.45) is -0.750. The minimum absolute atomic E-state index is 0.192. The van der Waals surface area contributed by atoms with Crippen LogP contribution in [0.15, 0.2) is 30.3 Å². The van der Waals surface area contributed by atoms with Gasteiger partial charge in [-0.25, -0.2) is 0 Å². The van der Waals surface area contributed by atoms with Crippen LogP contribution in [0.2, 0.25) is 0 Å². The lowest BCUT2D eigenvalue weighted by molar-refractivity contribution is 0.0502. The second kappa shape index (κ2) is 7.69. The quantitative estimate of drug-likeness (QED) is 0.780. The molecule has 0 radical (unpaired) electrons. The minimum atomic E-state index is -0.750. The number of aromatic hydroxyl groups is 1. The van der Waals surface area contributed by atoms with E-state index in [1.54, 1.807) is 19.2 Å². The molecule has 2 N–H and O–H groups in total. The van der Waals surface area contributed by atoms with Crippen LogP contribution in [0.25, 0.3) is 0 Å². The molecular formula is C20H26O4. The third kappa shape index (κ3) is 3.89. The average Bonchev–Trinajstić information content (AvgIpc) is 2.51. The zero-order valence-electron chi connectivity index (χ0n) is 15.0. The van der Waals surface area contributed by atoms with Gasteiger partial charge in [0.15, 0.2) is 6.79 Å². The Kier molecular flexibility index (Phi) is 5.86. The summed E-state index contributed by atoms with van der Waals surface area (Å²) in [6.45, 7) is 8.15. The fourth-order valence-electron chi connectivity index (χ4n) is 2.99. The van der Waals surface area contributed by atoms with Gasteiger partial charge in [0.1, 0.15) is 17.6 Å². The number of phenolic OH excluding ortho intramolecular Hbond substituents is 1. The van der Waals surface area contributed by atoms with Gasteiger partial charge >= 0.3 is 0 Å². The van der Waals surface area contributed by atoms with E-state index in [9.17, 15) is 10.2 Å². The second-order valence-corrected chi connectivity index (χ2v) is 6.40. The number of phenols is 1. The molecule has 0 aromatic heterocycles. The van der Waals surface area contributed by atoms with E-state index < -0.39 is 6.10 Å². The molecule has 0 aliphatic carbocycles. The largest absolute Gasteiger partial charge is 0.508 e. The van der Waals surface area contributed by atoms with Gasteiger partial charge in [0.25, 0.3) is 0 Å². The molecule has 2 aromatic rings. The molecular weight excluding hydrogens is 304 g/mol. The van der Waals surface area contributed by atoms with Gasteiger partial charge in [-0.1, -0.05) is 19.9 Å². The molecule has 4 nitrogen and oxygen atoms in total. The molecule has 0 aliphatic heterocycles. The molecule has 0 fully saturated rings. The monoisotopic (exact) mass is 330 g/mol. The van der Waals surface area contributed by atoms with Crippen LogP contribution in [-0.4, -0.2) is 24.1 Å². The molecule has 130 valence electrons. The lowest BCUT2D eigenvalue weighted by Crippen LogP contribution is -2.07. The van der Waals surface area contributed by atoms with Crippen molar-refractivity contribution in [1.29, 1.82) is 0 Å². The summed E-state index contributed by atoms with van der Waals surface area (Å²) in [5, 5.41) is 20.6. The van der Waals surface area contributed by atoms with Crippen molar-refractivity contribution < 1.29 is 19.7 Å². The molecule has 24 heavy (non-hydrogen) atoms. The van der Waals surface area contributed by atoms with Gasteiger partial charge in [-0.3, -0.25) is 0 Å². The van der Waals surface area contributed by atoms with E-state index in [0.29, 0.717) is 0 Å². The van der Waals surface area contributed by atoms with Gasteiger partial charge < -0.3 is 19.7 Å². The van der Waals surface area contributed by atoms with Crippen molar-refractivity contribution in [2.24, 2.45) is 0 Å². The van der Waals surface area contributed by atoms with Gasteiger partial charge in [0.05, 0.1) is 0 Å². The van der Waals surface area contributed by atoms with E-state index in [1.807, 2.05) is 32.0 Å². The highest BCUT2D eigenvalue weighted by Gasteiger charge is 2.19. The zero-order valence-corrected chi connectivity index (χ0v) is 15.0. The van der Waals surface area contributed by atoms with Crippen molar-refractivity contribution in [3.63, 3.8) is 0 Å². The molecule has 0 spiro atoms. The summed E-state index contributed by atoms with van der Waals surface area (Å²) in [5.41, 5.74) is 4.39. The number of ether oxygens (including phenoxy) is 2. The predicted octanol–water partition coefficient (Wildman–Crippen LogP) is 4.20. The molecule has 0 aliphatic rings. The van der Waals surface area contributed by atoms with Crippen LogP contribution in [0.1, 0.15) is 53.7 Å². The van der Waals surface area contributed by atoms with Gasteiger partial charge in [-0.2, -0.15) is 0 Å². The Morgan fingerprint density at radius 2 is 1.67 bits per heavy atom. The Balaban J connectivity index is 2.43. The number of hydrogen-bond acceptors (Lipinski definition) is 4. The van der Waals surface area contributed by atoms with Crippen molar-refractivity contribution in [2.75, 3.05) is 13.9 Å². The van der Waals surface area contributed by atoms with Crippen molar-refractivity contribution in [3.8, 4) is 11.5 Å². The normalized spacial score (nSPS) is 12.5. The van der Waals surface area contributed by atoms with Gasteiger partial charge in [-0.05, 0) is 71.8 Å². The van der Waals surface area contributed by atoms with E-state index in [-0.39, 0.29) is 18.5 Å². The Bertz CT molecular complexity index is 684. The van der Waals surface area contributed by atoms with E-state index >= 15 is 0 Å². The SMILES string of the molecule is COCOc1ccc(C(O)c2c(C)cc(O)cc2C)cc1C(C)C. The predicted molar refractivity (Wildman–Crippen MR) is 94.7 cm³/mol. The summed E-state index contributed by atoms with van der Waals surface area (Å²) >= 11 is 0. The number of aryl methyl sites for hydroxylation is 2. The zero-order chi connectivity index (χ0) is 17.9. The Labute approximate surface area is 143 Å². The first-order valence-corrected chi connectivity index (χ1v) is 8.08. The van der Waals surface area contributed by atoms with Crippen LogP contribution in [0.5, 0.6) is 11.5 Å². The van der Waals surface area contributed by atoms with Gasteiger partial charge in [0, 0.05) is 7.11 Å². The average molecular weight is 330 g/mol. The summed E-state index contributed by atoms with van der Waals surface area (Å²) in [5.74, 6) is 1.24. The minimum Gasteiger partial charge on any atom is -0.508 e.